The van der Waals surface area contributed by atoms with Crippen molar-refractivity contribution in [2.24, 2.45) is 0 Å². The fraction of sp³-hybridized carbons (Fsp3) is 0.143. The van der Waals surface area contributed by atoms with Gasteiger partial charge in [-0.05, 0) is 24.3 Å². The molecule has 0 unspecified atom stereocenters. The first kappa shape index (κ1) is 14.6. The van der Waals surface area contributed by atoms with E-state index in [1.165, 1.54) is 21.8 Å². The Hall–Kier alpha value is -2.94. The lowest BCUT2D eigenvalue weighted by Crippen LogP contribution is -2.08. The third kappa shape index (κ3) is 2.48. The van der Waals surface area contributed by atoms with Crippen LogP contribution < -0.4 is 9.47 Å². The number of ether oxygens (including phenoxy) is 2. The van der Waals surface area contributed by atoms with Gasteiger partial charge in [0.05, 0.1) is 13.7 Å². The molecule has 4 rings (SSSR count). The van der Waals surface area contributed by atoms with Gasteiger partial charge in [0, 0.05) is 21.8 Å². The maximum Gasteiger partial charge on any atom is 0.161 e. The van der Waals surface area contributed by atoms with E-state index in [2.05, 4.69) is 53.1 Å². The number of rotatable bonds is 5. The molecule has 0 aliphatic carbocycles. The molecule has 120 valence electrons. The average molecular weight is 317 g/mol. The SMILES string of the molecule is COc1ccccc1OCCn1c2ccccc2c2ccccc21. The van der Waals surface area contributed by atoms with Crippen molar-refractivity contribution in [3.05, 3.63) is 72.8 Å². The molecule has 0 radical (unpaired) electrons. The van der Waals surface area contributed by atoms with Crippen LogP contribution in [0.3, 0.4) is 0 Å². The van der Waals surface area contributed by atoms with Gasteiger partial charge in [-0.1, -0.05) is 48.5 Å². The molecule has 4 aromatic rings. The zero-order valence-corrected chi connectivity index (χ0v) is 13.6. The van der Waals surface area contributed by atoms with Crippen LogP contribution in [0.25, 0.3) is 21.8 Å². The summed E-state index contributed by atoms with van der Waals surface area (Å²) in [5.41, 5.74) is 2.48. The Bertz CT molecular complexity index is 934. The molecule has 1 aromatic heterocycles. The molecule has 0 saturated carbocycles. The number of hydrogen-bond donors (Lipinski definition) is 0. The van der Waals surface area contributed by atoms with Gasteiger partial charge in [0.25, 0.3) is 0 Å². The van der Waals surface area contributed by atoms with Crippen molar-refractivity contribution < 1.29 is 9.47 Å². The molecule has 0 N–H and O–H groups in total. The number of nitrogens with zero attached hydrogens (tertiary/aromatic N) is 1. The number of fused-ring (bicyclic) bond motifs is 3. The van der Waals surface area contributed by atoms with E-state index < -0.39 is 0 Å². The minimum Gasteiger partial charge on any atom is -0.493 e. The van der Waals surface area contributed by atoms with Gasteiger partial charge in [0.2, 0.25) is 0 Å². The molecular weight excluding hydrogens is 298 g/mol. The van der Waals surface area contributed by atoms with Crippen LogP contribution in [0.4, 0.5) is 0 Å². The highest BCUT2D eigenvalue weighted by atomic mass is 16.5. The van der Waals surface area contributed by atoms with Crippen molar-refractivity contribution in [1.82, 2.24) is 4.57 Å². The van der Waals surface area contributed by atoms with Crippen molar-refractivity contribution in [2.45, 2.75) is 6.54 Å². The van der Waals surface area contributed by atoms with Crippen molar-refractivity contribution in [1.29, 1.82) is 0 Å². The summed E-state index contributed by atoms with van der Waals surface area (Å²) in [4.78, 5) is 0. The predicted molar refractivity (Wildman–Crippen MR) is 97.9 cm³/mol. The summed E-state index contributed by atoms with van der Waals surface area (Å²) in [5, 5.41) is 2.57. The molecule has 1 heterocycles. The lowest BCUT2D eigenvalue weighted by molar-refractivity contribution is 0.283. The van der Waals surface area contributed by atoms with Gasteiger partial charge in [-0.25, -0.2) is 0 Å². The van der Waals surface area contributed by atoms with Crippen LogP contribution in [-0.2, 0) is 6.54 Å². The Morgan fingerprint density at radius 3 is 1.88 bits per heavy atom. The molecule has 0 amide bonds. The Kier molecular flexibility index (Phi) is 3.83. The number of hydrogen-bond acceptors (Lipinski definition) is 2. The number of para-hydroxylation sites is 4. The monoisotopic (exact) mass is 317 g/mol. The molecule has 3 aromatic carbocycles. The van der Waals surface area contributed by atoms with Crippen LogP contribution in [0.15, 0.2) is 72.8 Å². The summed E-state index contributed by atoms with van der Waals surface area (Å²) < 4.78 is 13.6. The minimum atomic E-state index is 0.586. The van der Waals surface area contributed by atoms with Gasteiger partial charge in [-0.2, -0.15) is 0 Å². The topological polar surface area (TPSA) is 23.4 Å². The first-order valence-electron chi connectivity index (χ1n) is 8.10. The second-order valence-electron chi connectivity index (χ2n) is 5.69. The fourth-order valence-electron chi connectivity index (χ4n) is 3.23. The summed E-state index contributed by atoms with van der Waals surface area (Å²) in [7, 11) is 1.66. The van der Waals surface area contributed by atoms with Crippen molar-refractivity contribution >= 4 is 21.8 Å². The second kappa shape index (κ2) is 6.28. The van der Waals surface area contributed by atoms with Crippen LogP contribution in [0.5, 0.6) is 11.5 Å². The molecule has 24 heavy (non-hydrogen) atoms. The first-order valence-corrected chi connectivity index (χ1v) is 8.10. The minimum absolute atomic E-state index is 0.586. The molecule has 3 heteroatoms. The summed E-state index contributed by atoms with van der Waals surface area (Å²) in [6.07, 6.45) is 0. The predicted octanol–water partition coefficient (Wildman–Crippen LogP) is 4.88. The van der Waals surface area contributed by atoms with Gasteiger partial charge in [-0.3, -0.25) is 0 Å². The van der Waals surface area contributed by atoms with E-state index >= 15 is 0 Å². The lowest BCUT2D eigenvalue weighted by Gasteiger charge is -2.12. The van der Waals surface area contributed by atoms with Gasteiger partial charge in [0.15, 0.2) is 11.5 Å². The van der Waals surface area contributed by atoms with E-state index in [0.717, 1.165) is 18.0 Å². The van der Waals surface area contributed by atoms with Crippen LogP contribution in [0.2, 0.25) is 0 Å². The molecule has 3 nitrogen and oxygen atoms in total. The normalized spacial score (nSPS) is 11.0. The zero-order valence-electron chi connectivity index (χ0n) is 13.6. The number of aromatic nitrogens is 1. The molecule has 0 spiro atoms. The maximum absolute atomic E-state index is 5.95. The van der Waals surface area contributed by atoms with Gasteiger partial charge >= 0.3 is 0 Å². The second-order valence-corrected chi connectivity index (χ2v) is 5.69. The van der Waals surface area contributed by atoms with E-state index in [1.54, 1.807) is 7.11 Å². The van der Waals surface area contributed by atoms with E-state index in [-0.39, 0.29) is 0 Å². The highest BCUT2D eigenvalue weighted by molar-refractivity contribution is 6.07. The highest BCUT2D eigenvalue weighted by Gasteiger charge is 2.10. The Morgan fingerprint density at radius 1 is 0.708 bits per heavy atom. The zero-order chi connectivity index (χ0) is 16.4. The largest absolute Gasteiger partial charge is 0.493 e. The van der Waals surface area contributed by atoms with Crippen LogP contribution >= 0.6 is 0 Å². The number of methoxy groups -OCH3 is 1. The third-order valence-electron chi connectivity index (χ3n) is 4.32. The maximum atomic E-state index is 5.95. The van der Waals surface area contributed by atoms with Gasteiger partial charge in [-0.15, -0.1) is 0 Å². The van der Waals surface area contributed by atoms with Crippen LogP contribution in [0, 0.1) is 0 Å². The molecule has 0 fully saturated rings. The molecule has 0 atom stereocenters. The Morgan fingerprint density at radius 2 is 1.25 bits per heavy atom. The summed E-state index contributed by atoms with van der Waals surface area (Å²) in [5.74, 6) is 1.54. The summed E-state index contributed by atoms with van der Waals surface area (Å²) in [6.45, 7) is 1.37. The van der Waals surface area contributed by atoms with E-state index in [4.69, 9.17) is 9.47 Å². The first-order chi connectivity index (χ1) is 11.9. The molecule has 0 aliphatic rings. The Labute approximate surface area is 141 Å². The summed E-state index contributed by atoms with van der Waals surface area (Å²) >= 11 is 0. The van der Waals surface area contributed by atoms with Crippen molar-refractivity contribution in [3.63, 3.8) is 0 Å². The fourth-order valence-corrected chi connectivity index (χ4v) is 3.23. The third-order valence-corrected chi connectivity index (χ3v) is 4.32. The van der Waals surface area contributed by atoms with Crippen LogP contribution in [-0.4, -0.2) is 18.3 Å². The van der Waals surface area contributed by atoms with Crippen molar-refractivity contribution in [2.75, 3.05) is 13.7 Å². The quantitative estimate of drug-likeness (QED) is 0.523. The average Bonchev–Trinajstić information content (AvgIpc) is 2.97. The lowest BCUT2D eigenvalue weighted by atomic mass is 10.2. The van der Waals surface area contributed by atoms with Crippen molar-refractivity contribution in [3.8, 4) is 11.5 Å². The molecule has 0 bridgehead atoms. The van der Waals surface area contributed by atoms with E-state index in [0.29, 0.717) is 6.61 Å². The van der Waals surface area contributed by atoms with Gasteiger partial charge in [0.1, 0.15) is 6.61 Å². The van der Waals surface area contributed by atoms with Gasteiger partial charge < -0.3 is 14.0 Å². The smallest absolute Gasteiger partial charge is 0.161 e. The van der Waals surface area contributed by atoms with E-state index in [9.17, 15) is 0 Å². The summed E-state index contributed by atoms with van der Waals surface area (Å²) in [6, 6.07) is 24.8. The molecular formula is C21H19NO2. The molecule has 0 saturated heterocycles. The Balaban J connectivity index is 1.64. The van der Waals surface area contributed by atoms with E-state index in [1.807, 2.05) is 24.3 Å². The molecule has 0 aliphatic heterocycles. The highest BCUT2D eigenvalue weighted by Crippen LogP contribution is 2.29. The number of benzene rings is 3. The standard InChI is InChI=1S/C21H19NO2/c1-23-20-12-6-7-13-21(20)24-15-14-22-18-10-4-2-8-16(18)17-9-3-5-11-19(17)22/h2-13H,14-15H2,1H3. The van der Waals surface area contributed by atoms with Crippen LogP contribution in [0.1, 0.15) is 0 Å².